The van der Waals surface area contributed by atoms with E-state index in [2.05, 4.69) is 33.7 Å². The Hall–Kier alpha value is -1.69. The molecule has 0 aliphatic rings. The van der Waals surface area contributed by atoms with Crippen LogP contribution < -0.4 is 5.32 Å². The van der Waals surface area contributed by atoms with Gasteiger partial charge in [-0.05, 0) is 6.54 Å². The van der Waals surface area contributed by atoms with Crippen LogP contribution in [-0.4, -0.2) is 37.6 Å². The Bertz CT molecular complexity index is 458. The van der Waals surface area contributed by atoms with Gasteiger partial charge >= 0.3 is 0 Å². The first-order chi connectivity index (χ1) is 8.28. The summed E-state index contributed by atoms with van der Waals surface area (Å²) in [6.45, 7) is 4.80. The number of nitrogens with zero attached hydrogens (tertiary/aromatic N) is 5. The lowest BCUT2D eigenvalue weighted by Gasteiger charge is -1.98. The van der Waals surface area contributed by atoms with Crippen LogP contribution in [0.5, 0.6) is 0 Å². The number of nitrogens with one attached hydrogen (secondary N) is 1. The number of likely N-dealkylation sites (N-methyl/N-ethyl adjacent to an activating group) is 1. The van der Waals surface area contributed by atoms with Crippen LogP contribution in [0.1, 0.15) is 18.3 Å². The van der Waals surface area contributed by atoms with E-state index in [1.807, 2.05) is 24.1 Å². The van der Waals surface area contributed by atoms with Gasteiger partial charge in [-0.1, -0.05) is 12.1 Å². The number of rotatable bonds is 6. The van der Waals surface area contributed by atoms with Gasteiger partial charge in [0.15, 0.2) is 0 Å². The molecular formula is C11H18N6. The van der Waals surface area contributed by atoms with Gasteiger partial charge in [0.2, 0.25) is 0 Å². The van der Waals surface area contributed by atoms with E-state index in [0.717, 1.165) is 37.4 Å². The van der Waals surface area contributed by atoms with Gasteiger partial charge in [-0.2, -0.15) is 0 Å². The molecule has 0 saturated heterocycles. The fourth-order valence-corrected chi connectivity index (χ4v) is 1.67. The maximum absolute atomic E-state index is 4.36. The maximum atomic E-state index is 4.36. The molecule has 17 heavy (non-hydrogen) atoms. The van der Waals surface area contributed by atoms with Crippen LogP contribution in [-0.2, 0) is 20.0 Å². The zero-order valence-corrected chi connectivity index (χ0v) is 10.3. The van der Waals surface area contributed by atoms with Crippen LogP contribution in [0.4, 0.5) is 0 Å². The summed E-state index contributed by atoms with van der Waals surface area (Å²) < 4.78 is 3.74. The number of aromatic nitrogens is 5. The molecule has 2 aromatic rings. The van der Waals surface area contributed by atoms with Crippen LogP contribution in [0, 0.1) is 0 Å². The topological polar surface area (TPSA) is 60.6 Å². The Morgan fingerprint density at radius 1 is 1.29 bits per heavy atom. The lowest BCUT2D eigenvalue weighted by Crippen LogP contribution is -2.16. The Balaban J connectivity index is 1.89. The monoisotopic (exact) mass is 234 g/mol. The van der Waals surface area contributed by atoms with E-state index < -0.39 is 0 Å². The third-order valence-corrected chi connectivity index (χ3v) is 2.49. The Morgan fingerprint density at radius 3 is 2.88 bits per heavy atom. The minimum atomic E-state index is 0.724. The van der Waals surface area contributed by atoms with Crippen molar-refractivity contribution in [3.8, 4) is 0 Å². The molecule has 1 N–H and O–H groups in total. The summed E-state index contributed by atoms with van der Waals surface area (Å²) >= 11 is 0. The Labute approximate surface area is 101 Å². The predicted molar refractivity (Wildman–Crippen MR) is 64.6 cm³/mol. The first kappa shape index (κ1) is 11.8. The maximum Gasteiger partial charge on any atom is 0.102 e. The Morgan fingerprint density at radius 2 is 2.18 bits per heavy atom. The summed E-state index contributed by atoms with van der Waals surface area (Å²) in [6.07, 6.45) is 6.78. The SMILES string of the molecule is CCNCCc1cn(Cc2cn(C)nn2)cn1. The van der Waals surface area contributed by atoms with Crippen molar-refractivity contribution in [3.05, 3.63) is 30.1 Å². The van der Waals surface area contributed by atoms with E-state index in [-0.39, 0.29) is 0 Å². The summed E-state index contributed by atoms with van der Waals surface area (Å²) in [4.78, 5) is 4.36. The highest BCUT2D eigenvalue weighted by Crippen LogP contribution is 2.01. The third kappa shape index (κ3) is 3.39. The molecular weight excluding hydrogens is 216 g/mol. The van der Waals surface area contributed by atoms with Gasteiger partial charge in [0.05, 0.1) is 18.6 Å². The Kier molecular flexibility index (Phi) is 3.87. The molecule has 0 aromatic carbocycles. The summed E-state index contributed by atoms with van der Waals surface area (Å²) in [6, 6.07) is 0. The van der Waals surface area contributed by atoms with Crippen LogP contribution in [0.2, 0.25) is 0 Å². The number of hydrogen-bond donors (Lipinski definition) is 1. The summed E-state index contributed by atoms with van der Waals surface area (Å²) in [7, 11) is 1.87. The zero-order valence-electron chi connectivity index (χ0n) is 10.3. The van der Waals surface area contributed by atoms with Gasteiger partial charge in [-0.25, -0.2) is 4.98 Å². The second kappa shape index (κ2) is 5.58. The van der Waals surface area contributed by atoms with Crippen molar-refractivity contribution in [1.29, 1.82) is 0 Å². The minimum Gasteiger partial charge on any atom is -0.331 e. The zero-order chi connectivity index (χ0) is 12.1. The smallest absolute Gasteiger partial charge is 0.102 e. The van der Waals surface area contributed by atoms with Gasteiger partial charge < -0.3 is 9.88 Å². The average Bonchev–Trinajstić information content (AvgIpc) is 2.90. The largest absolute Gasteiger partial charge is 0.331 e. The molecule has 0 aliphatic heterocycles. The fraction of sp³-hybridized carbons (Fsp3) is 0.545. The molecule has 2 aromatic heterocycles. The molecule has 0 fully saturated rings. The average molecular weight is 234 g/mol. The molecule has 92 valence electrons. The molecule has 2 rings (SSSR count). The first-order valence-corrected chi connectivity index (χ1v) is 5.84. The molecule has 0 saturated carbocycles. The lowest BCUT2D eigenvalue weighted by atomic mass is 10.3. The third-order valence-electron chi connectivity index (χ3n) is 2.49. The fourth-order valence-electron chi connectivity index (χ4n) is 1.67. The second-order valence-electron chi connectivity index (χ2n) is 4.02. The molecule has 0 spiro atoms. The van der Waals surface area contributed by atoms with Crippen molar-refractivity contribution in [1.82, 2.24) is 29.9 Å². The predicted octanol–water partition coefficient (Wildman–Crippen LogP) is 0.212. The van der Waals surface area contributed by atoms with Gasteiger partial charge in [-0.15, -0.1) is 5.10 Å². The highest BCUT2D eigenvalue weighted by Gasteiger charge is 2.02. The van der Waals surface area contributed by atoms with Crippen molar-refractivity contribution >= 4 is 0 Å². The van der Waals surface area contributed by atoms with Gasteiger partial charge in [-0.3, -0.25) is 4.68 Å². The highest BCUT2D eigenvalue weighted by atomic mass is 15.4. The van der Waals surface area contributed by atoms with Gasteiger partial charge in [0.1, 0.15) is 5.69 Å². The molecule has 0 radical (unpaired) electrons. The lowest BCUT2D eigenvalue weighted by molar-refractivity contribution is 0.706. The summed E-state index contributed by atoms with van der Waals surface area (Å²) in [5.74, 6) is 0. The molecule has 6 heteroatoms. The first-order valence-electron chi connectivity index (χ1n) is 5.84. The van der Waals surface area contributed by atoms with Crippen molar-refractivity contribution in [2.45, 2.75) is 19.9 Å². The minimum absolute atomic E-state index is 0.724. The molecule has 0 bridgehead atoms. The quantitative estimate of drug-likeness (QED) is 0.726. The molecule has 0 aliphatic carbocycles. The number of aryl methyl sites for hydroxylation is 1. The second-order valence-corrected chi connectivity index (χ2v) is 4.02. The molecule has 0 atom stereocenters. The van der Waals surface area contributed by atoms with Gasteiger partial charge in [0.25, 0.3) is 0 Å². The van der Waals surface area contributed by atoms with Crippen LogP contribution in [0.15, 0.2) is 18.7 Å². The van der Waals surface area contributed by atoms with Crippen molar-refractivity contribution in [2.24, 2.45) is 7.05 Å². The standard InChI is InChI=1S/C11H18N6/c1-3-12-5-4-10-7-17(9-13-10)8-11-6-16(2)15-14-11/h6-7,9,12H,3-5,8H2,1-2H3. The highest BCUT2D eigenvalue weighted by molar-refractivity contribution is 5.01. The molecule has 0 unspecified atom stereocenters. The van der Waals surface area contributed by atoms with Gasteiger partial charge in [0, 0.05) is 32.4 Å². The van der Waals surface area contributed by atoms with E-state index in [1.165, 1.54) is 0 Å². The molecule has 6 nitrogen and oxygen atoms in total. The molecule has 2 heterocycles. The van der Waals surface area contributed by atoms with Crippen molar-refractivity contribution in [3.63, 3.8) is 0 Å². The van der Waals surface area contributed by atoms with Crippen LogP contribution in [0.25, 0.3) is 0 Å². The van der Waals surface area contributed by atoms with E-state index in [9.17, 15) is 0 Å². The van der Waals surface area contributed by atoms with Crippen molar-refractivity contribution < 1.29 is 0 Å². The normalized spacial score (nSPS) is 10.9. The summed E-state index contributed by atoms with van der Waals surface area (Å²) in [5.41, 5.74) is 2.05. The summed E-state index contributed by atoms with van der Waals surface area (Å²) in [5, 5.41) is 11.2. The van der Waals surface area contributed by atoms with E-state index >= 15 is 0 Å². The van der Waals surface area contributed by atoms with E-state index in [4.69, 9.17) is 0 Å². The van der Waals surface area contributed by atoms with Crippen LogP contribution in [0.3, 0.4) is 0 Å². The van der Waals surface area contributed by atoms with E-state index in [1.54, 1.807) is 4.68 Å². The number of imidazole rings is 1. The molecule has 0 amide bonds. The number of hydrogen-bond acceptors (Lipinski definition) is 4. The van der Waals surface area contributed by atoms with E-state index in [0.29, 0.717) is 0 Å². The van der Waals surface area contributed by atoms with Crippen molar-refractivity contribution in [2.75, 3.05) is 13.1 Å². The van der Waals surface area contributed by atoms with Crippen LogP contribution >= 0.6 is 0 Å².